The maximum atomic E-state index is 6.27. The van der Waals surface area contributed by atoms with Crippen molar-refractivity contribution in [2.24, 2.45) is 0 Å². The standard InChI is InChI=1S/C45H27N3O2/c1-2-10-28(11-3-1)45-47-38(26-39(48-45)35-15-8-18-43-44(35)36-14-5-7-17-41(36)50-43)33-23-31(22-32(24-33)30-12-9-21-46-27-30)29-19-20-42-37(25-29)34-13-4-6-16-40(34)49-42/h1-27H. The number of hydrogen-bond acceptors (Lipinski definition) is 5. The highest BCUT2D eigenvalue weighted by molar-refractivity contribution is 6.12. The number of pyridine rings is 1. The fourth-order valence-corrected chi connectivity index (χ4v) is 6.99. The van der Waals surface area contributed by atoms with E-state index in [1.165, 1.54) is 0 Å². The van der Waals surface area contributed by atoms with Gasteiger partial charge in [0.25, 0.3) is 0 Å². The van der Waals surface area contributed by atoms with Gasteiger partial charge in [-0.2, -0.15) is 0 Å². The molecule has 5 nitrogen and oxygen atoms in total. The van der Waals surface area contributed by atoms with Crippen molar-refractivity contribution in [1.29, 1.82) is 0 Å². The van der Waals surface area contributed by atoms with E-state index >= 15 is 0 Å². The maximum Gasteiger partial charge on any atom is 0.160 e. The van der Waals surface area contributed by atoms with Crippen molar-refractivity contribution in [3.8, 4) is 56.2 Å². The molecule has 0 radical (unpaired) electrons. The summed E-state index contributed by atoms with van der Waals surface area (Å²) < 4.78 is 12.4. The second kappa shape index (κ2) is 11.4. The lowest BCUT2D eigenvalue weighted by atomic mass is 9.94. The van der Waals surface area contributed by atoms with Crippen LogP contribution < -0.4 is 0 Å². The molecule has 0 saturated heterocycles. The molecule has 0 aliphatic rings. The van der Waals surface area contributed by atoms with Crippen LogP contribution in [0.4, 0.5) is 0 Å². The molecule has 0 aliphatic heterocycles. The van der Waals surface area contributed by atoms with Crippen LogP contribution in [0.1, 0.15) is 0 Å². The molecular formula is C45H27N3O2. The Morgan fingerprint density at radius 1 is 0.380 bits per heavy atom. The Morgan fingerprint density at radius 3 is 1.88 bits per heavy atom. The van der Waals surface area contributed by atoms with E-state index in [9.17, 15) is 0 Å². The Kier molecular flexibility index (Phi) is 6.42. The van der Waals surface area contributed by atoms with Crippen LogP contribution in [0.25, 0.3) is 100 Å². The summed E-state index contributed by atoms with van der Waals surface area (Å²) in [7, 11) is 0. The molecule has 0 N–H and O–H groups in total. The quantitative estimate of drug-likeness (QED) is 0.187. The Labute approximate surface area is 287 Å². The Hall–Kier alpha value is -6.85. The summed E-state index contributed by atoms with van der Waals surface area (Å²) in [4.78, 5) is 14.8. The minimum atomic E-state index is 0.655. The average molecular weight is 642 g/mol. The molecule has 6 aromatic carbocycles. The van der Waals surface area contributed by atoms with Gasteiger partial charge in [-0.05, 0) is 77.4 Å². The topological polar surface area (TPSA) is 65.0 Å². The Balaban J connectivity index is 1.22. The van der Waals surface area contributed by atoms with Crippen molar-refractivity contribution in [1.82, 2.24) is 15.0 Å². The van der Waals surface area contributed by atoms with E-state index in [1.54, 1.807) is 6.20 Å². The third kappa shape index (κ3) is 4.75. The molecular weight excluding hydrogens is 615 g/mol. The van der Waals surface area contributed by atoms with Gasteiger partial charge in [0.2, 0.25) is 0 Å². The molecule has 0 atom stereocenters. The van der Waals surface area contributed by atoms with Crippen LogP contribution >= 0.6 is 0 Å². The number of rotatable bonds is 5. The van der Waals surface area contributed by atoms with Gasteiger partial charge in [0.15, 0.2) is 5.82 Å². The molecule has 0 amide bonds. The second-order valence-electron chi connectivity index (χ2n) is 12.5. The van der Waals surface area contributed by atoms with Gasteiger partial charge in [0, 0.05) is 56.2 Å². The van der Waals surface area contributed by atoms with Crippen LogP contribution in [0.3, 0.4) is 0 Å². The third-order valence-electron chi connectivity index (χ3n) is 9.37. The molecule has 50 heavy (non-hydrogen) atoms. The number of hydrogen-bond donors (Lipinski definition) is 0. The smallest absolute Gasteiger partial charge is 0.160 e. The summed E-state index contributed by atoms with van der Waals surface area (Å²) >= 11 is 0. The average Bonchev–Trinajstić information content (AvgIpc) is 3.76. The first kappa shape index (κ1) is 28.2. The summed E-state index contributed by atoms with van der Waals surface area (Å²) in [6, 6.07) is 51.9. The number of benzene rings is 6. The fraction of sp³-hybridized carbons (Fsp3) is 0. The molecule has 0 aliphatic carbocycles. The van der Waals surface area contributed by atoms with Crippen molar-refractivity contribution < 1.29 is 8.83 Å². The van der Waals surface area contributed by atoms with E-state index in [4.69, 9.17) is 18.8 Å². The molecule has 10 rings (SSSR count). The lowest BCUT2D eigenvalue weighted by Crippen LogP contribution is -1.97. The molecule has 0 saturated carbocycles. The van der Waals surface area contributed by atoms with E-state index < -0.39 is 0 Å². The van der Waals surface area contributed by atoms with Crippen LogP contribution in [0.5, 0.6) is 0 Å². The van der Waals surface area contributed by atoms with E-state index in [0.29, 0.717) is 5.82 Å². The predicted octanol–water partition coefficient (Wildman–Crippen LogP) is 12.0. The zero-order valence-corrected chi connectivity index (χ0v) is 26.7. The number of nitrogens with zero attached hydrogens (tertiary/aromatic N) is 3. The Bertz CT molecular complexity index is 2870. The van der Waals surface area contributed by atoms with Gasteiger partial charge in [0.05, 0.1) is 11.4 Å². The van der Waals surface area contributed by atoms with Gasteiger partial charge in [-0.1, -0.05) is 91.0 Å². The van der Waals surface area contributed by atoms with Crippen LogP contribution in [0.15, 0.2) is 173 Å². The third-order valence-corrected chi connectivity index (χ3v) is 9.37. The molecule has 5 heteroatoms. The zero-order valence-electron chi connectivity index (χ0n) is 26.7. The normalized spacial score (nSPS) is 11.6. The number of para-hydroxylation sites is 2. The van der Waals surface area contributed by atoms with Crippen LogP contribution in [0, 0.1) is 0 Å². The van der Waals surface area contributed by atoms with Gasteiger partial charge < -0.3 is 8.83 Å². The lowest BCUT2D eigenvalue weighted by molar-refractivity contribution is 0.668. The van der Waals surface area contributed by atoms with E-state index in [1.807, 2.05) is 72.9 Å². The van der Waals surface area contributed by atoms with Crippen LogP contribution in [0.2, 0.25) is 0 Å². The summed E-state index contributed by atoms with van der Waals surface area (Å²) in [5.74, 6) is 0.655. The summed E-state index contributed by atoms with van der Waals surface area (Å²) in [6.07, 6.45) is 3.70. The first-order chi connectivity index (χ1) is 24.7. The van der Waals surface area contributed by atoms with Crippen LogP contribution in [-0.2, 0) is 0 Å². The van der Waals surface area contributed by atoms with Gasteiger partial charge in [-0.25, -0.2) is 9.97 Å². The second-order valence-corrected chi connectivity index (χ2v) is 12.5. The van der Waals surface area contributed by atoms with Crippen molar-refractivity contribution in [3.05, 3.63) is 164 Å². The fourth-order valence-electron chi connectivity index (χ4n) is 6.99. The van der Waals surface area contributed by atoms with E-state index in [0.717, 1.165) is 94.2 Å². The summed E-state index contributed by atoms with van der Waals surface area (Å²) in [6.45, 7) is 0. The van der Waals surface area contributed by atoms with Crippen molar-refractivity contribution in [2.75, 3.05) is 0 Å². The SMILES string of the molecule is c1ccc(-c2nc(-c3cc(-c4cccnc4)cc(-c4ccc5oc6ccccc6c5c4)c3)cc(-c3cccc4oc5ccccc5c34)n2)cc1. The van der Waals surface area contributed by atoms with Crippen LogP contribution in [-0.4, -0.2) is 15.0 Å². The lowest BCUT2D eigenvalue weighted by Gasteiger charge is -2.13. The first-order valence-corrected chi connectivity index (χ1v) is 16.6. The monoisotopic (exact) mass is 641 g/mol. The molecule has 0 spiro atoms. The number of aromatic nitrogens is 3. The predicted molar refractivity (Wildman–Crippen MR) is 202 cm³/mol. The molecule has 4 aromatic heterocycles. The maximum absolute atomic E-state index is 6.27. The van der Waals surface area contributed by atoms with E-state index in [-0.39, 0.29) is 0 Å². The first-order valence-electron chi connectivity index (χ1n) is 16.6. The van der Waals surface area contributed by atoms with Gasteiger partial charge in [-0.3, -0.25) is 4.98 Å². The number of fused-ring (bicyclic) bond motifs is 6. The van der Waals surface area contributed by atoms with E-state index in [2.05, 4.69) is 89.9 Å². The van der Waals surface area contributed by atoms with Gasteiger partial charge in [0.1, 0.15) is 22.3 Å². The van der Waals surface area contributed by atoms with Crippen molar-refractivity contribution in [3.63, 3.8) is 0 Å². The molecule has 0 bridgehead atoms. The number of furan rings is 2. The largest absolute Gasteiger partial charge is 0.456 e. The van der Waals surface area contributed by atoms with Crippen molar-refractivity contribution in [2.45, 2.75) is 0 Å². The summed E-state index contributed by atoms with van der Waals surface area (Å²) in [5.41, 5.74) is 12.2. The highest BCUT2D eigenvalue weighted by atomic mass is 16.3. The molecule has 4 heterocycles. The molecule has 234 valence electrons. The van der Waals surface area contributed by atoms with Crippen molar-refractivity contribution >= 4 is 43.9 Å². The van der Waals surface area contributed by atoms with Gasteiger partial charge in [-0.15, -0.1) is 0 Å². The minimum Gasteiger partial charge on any atom is -0.456 e. The highest BCUT2D eigenvalue weighted by Gasteiger charge is 2.18. The summed E-state index contributed by atoms with van der Waals surface area (Å²) in [5, 5.41) is 4.28. The highest BCUT2D eigenvalue weighted by Crippen LogP contribution is 2.40. The zero-order chi connectivity index (χ0) is 33.0. The van der Waals surface area contributed by atoms with Gasteiger partial charge >= 0.3 is 0 Å². The minimum absolute atomic E-state index is 0.655. The molecule has 10 aromatic rings. The molecule has 0 fully saturated rings. The Morgan fingerprint density at radius 2 is 1.04 bits per heavy atom. The molecule has 0 unspecified atom stereocenters.